The maximum atomic E-state index is 12.1. The topological polar surface area (TPSA) is 99.1 Å². The highest BCUT2D eigenvalue weighted by Crippen LogP contribution is 2.21. The summed E-state index contributed by atoms with van der Waals surface area (Å²) in [5.41, 5.74) is 0.0313. The molecule has 0 spiro atoms. The molecule has 8 heteroatoms. The Bertz CT molecular complexity index is 509. The Hall–Kier alpha value is -1.83. The molecule has 0 aliphatic rings. The van der Waals surface area contributed by atoms with E-state index >= 15 is 0 Å². The number of carboxylic acid groups (broad SMARTS) is 1. The van der Waals surface area contributed by atoms with Gasteiger partial charge in [0, 0.05) is 25.2 Å². The van der Waals surface area contributed by atoms with E-state index in [9.17, 15) is 9.59 Å². The average Bonchev–Trinajstić information content (AvgIpc) is 2.43. The number of aliphatic hydroxyl groups excluding tert-OH is 1. The SMILES string of the molecule is COCCN(CCO)C(=O)Nc1cc(Cl)ccc1C(=O)O. The summed E-state index contributed by atoms with van der Waals surface area (Å²) >= 11 is 5.81. The van der Waals surface area contributed by atoms with Crippen LogP contribution in [0, 0.1) is 0 Å². The van der Waals surface area contributed by atoms with Gasteiger partial charge < -0.3 is 25.2 Å². The maximum absolute atomic E-state index is 12.1. The number of hydrogen-bond acceptors (Lipinski definition) is 4. The summed E-state index contributed by atoms with van der Waals surface area (Å²) in [7, 11) is 1.49. The number of rotatable bonds is 7. The Morgan fingerprint density at radius 2 is 2.10 bits per heavy atom. The van der Waals surface area contributed by atoms with Gasteiger partial charge >= 0.3 is 12.0 Å². The average molecular weight is 317 g/mol. The molecule has 0 atom stereocenters. The number of anilines is 1. The molecule has 1 aromatic carbocycles. The first-order valence-electron chi connectivity index (χ1n) is 6.18. The van der Waals surface area contributed by atoms with Gasteiger partial charge in [-0.1, -0.05) is 11.6 Å². The molecule has 0 aromatic heterocycles. The summed E-state index contributed by atoms with van der Waals surface area (Å²) in [6.07, 6.45) is 0. The first-order valence-corrected chi connectivity index (χ1v) is 6.56. The molecule has 1 rings (SSSR count). The lowest BCUT2D eigenvalue weighted by Gasteiger charge is -2.22. The van der Waals surface area contributed by atoms with Crippen LogP contribution in [0.3, 0.4) is 0 Å². The maximum Gasteiger partial charge on any atom is 0.337 e. The van der Waals surface area contributed by atoms with Crippen LogP contribution in [-0.2, 0) is 4.74 Å². The standard InChI is InChI=1S/C13H17ClN2O5/c1-21-7-5-16(4-6-17)13(20)15-11-8-9(14)2-3-10(11)12(18)19/h2-3,8,17H,4-7H2,1H3,(H,15,20)(H,18,19). The van der Waals surface area contributed by atoms with E-state index in [1.54, 1.807) is 0 Å². The lowest BCUT2D eigenvalue weighted by molar-refractivity contribution is 0.0698. The van der Waals surface area contributed by atoms with Crippen molar-refractivity contribution in [2.24, 2.45) is 0 Å². The summed E-state index contributed by atoms with van der Waals surface area (Å²) in [6.45, 7) is 0.469. The molecule has 116 valence electrons. The molecule has 0 radical (unpaired) electrons. The molecule has 2 amide bonds. The summed E-state index contributed by atoms with van der Waals surface area (Å²) in [6, 6.07) is 3.56. The van der Waals surface area contributed by atoms with Gasteiger partial charge in [0.2, 0.25) is 0 Å². The number of hydrogen-bond donors (Lipinski definition) is 3. The van der Waals surface area contributed by atoms with E-state index in [1.807, 2.05) is 0 Å². The second kappa shape index (κ2) is 8.46. The predicted molar refractivity (Wildman–Crippen MR) is 78.0 cm³/mol. The number of aromatic carboxylic acids is 1. The quantitative estimate of drug-likeness (QED) is 0.708. The highest BCUT2D eigenvalue weighted by molar-refractivity contribution is 6.31. The van der Waals surface area contributed by atoms with Crippen molar-refractivity contribution in [2.75, 3.05) is 38.7 Å². The molecular weight excluding hydrogens is 300 g/mol. The van der Waals surface area contributed by atoms with Gasteiger partial charge in [-0.2, -0.15) is 0 Å². The number of halogens is 1. The van der Waals surface area contributed by atoms with Crippen LogP contribution in [0.25, 0.3) is 0 Å². The van der Waals surface area contributed by atoms with E-state index in [4.69, 9.17) is 26.6 Å². The molecule has 3 N–H and O–H groups in total. The number of carbonyl (C=O) groups excluding carboxylic acids is 1. The summed E-state index contributed by atoms with van der Waals surface area (Å²) < 4.78 is 4.88. The number of amides is 2. The molecule has 0 unspecified atom stereocenters. The first-order chi connectivity index (χ1) is 9.99. The number of benzene rings is 1. The highest BCUT2D eigenvalue weighted by atomic mass is 35.5. The van der Waals surface area contributed by atoms with Gasteiger partial charge in [-0.25, -0.2) is 9.59 Å². The smallest absolute Gasteiger partial charge is 0.337 e. The summed E-state index contributed by atoms with van der Waals surface area (Å²) in [5, 5.41) is 20.8. The monoisotopic (exact) mass is 316 g/mol. The minimum Gasteiger partial charge on any atom is -0.478 e. The molecule has 0 saturated heterocycles. The van der Waals surface area contributed by atoms with E-state index in [0.717, 1.165) is 0 Å². The number of carbonyl (C=O) groups is 2. The molecule has 0 saturated carbocycles. The van der Waals surface area contributed by atoms with E-state index in [1.165, 1.54) is 30.2 Å². The normalized spacial score (nSPS) is 10.2. The van der Waals surface area contributed by atoms with Crippen molar-refractivity contribution >= 4 is 29.3 Å². The first kappa shape index (κ1) is 17.2. The molecule has 0 aliphatic carbocycles. The lowest BCUT2D eigenvalue weighted by Crippen LogP contribution is -2.39. The number of carboxylic acids is 1. The second-order valence-electron chi connectivity index (χ2n) is 4.13. The fourth-order valence-electron chi connectivity index (χ4n) is 1.64. The van der Waals surface area contributed by atoms with E-state index in [2.05, 4.69) is 5.32 Å². The molecule has 0 fully saturated rings. The van der Waals surface area contributed by atoms with Crippen LogP contribution in [0.4, 0.5) is 10.5 Å². The molecule has 0 aliphatic heterocycles. The summed E-state index contributed by atoms with van der Waals surface area (Å²) in [5.74, 6) is -1.17. The minimum atomic E-state index is -1.17. The van der Waals surface area contributed by atoms with Crippen LogP contribution in [0.2, 0.25) is 5.02 Å². The molecular formula is C13H17ClN2O5. The van der Waals surface area contributed by atoms with Crippen molar-refractivity contribution in [1.29, 1.82) is 0 Å². The molecule has 0 bridgehead atoms. The zero-order valence-electron chi connectivity index (χ0n) is 11.5. The van der Waals surface area contributed by atoms with Crippen molar-refractivity contribution in [3.8, 4) is 0 Å². The van der Waals surface area contributed by atoms with Crippen LogP contribution in [-0.4, -0.2) is 60.5 Å². The van der Waals surface area contributed by atoms with Crippen molar-refractivity contribution in [2.45, 2.75) is 0 Å². The van der Waals surface area contributed by atoms with E-state index in [0.29, 0.717) is 11.6 Å². The minimum absolute atomic E-state index is 0.0663. The number of methoxy groups -OCH3 is 1. The van der Waals surface area contributed by atoms with Crippen LogP contribution >= 0.6 is 11.6 Å². The predicted octanol–water partition coefficient (Wildman–Crippen LogP) is 1.51. The van der Waals surface area contributed by atoms with Crippen molar-refractivity contribution < 1.29 is 24.5 Å². The zero-order chi connectivity index (χ0) is 15.8. The Labute approximate surface area is 127 Å². The lowest BCUT2D eigenvalue weighted by atomic mass is 10.2. The third-order valence-electron chi connectivity index (χ3n) is 2.68. The van der Waals surface area contributed by atoms with Crippen LogP contribution < -0.4 is 5.32 Å². The third kappa shape index (κ3) is 5.22. The summed E-state index contributed by atoms with van der Waals surface area (Å²) in [4.78, 5) is 24.5. The van der Waals surface area contributed by atoms with Gasteiger partial charge in [0.25, 0.3) is 0 Å². The number of nitrogens with zero attached hydrogens (tertiary/aromatic N) is 1. The van der Waals surface area contributed by atoms with E-state index in [-0.39, 0.29) is 30.9 Å². The van der Waals surface area contributed by atoms with Crippen molar-refractivity contribution in [3.05, 3.63) is 28.8 Å². The highest BCUT2D eigenvalue weighted by Gasteiger charge is 2.17. The Balaban J connectivity index is 2.89. The second-order valence-corrected chi connectivity index (χ2v) is 4.57. The van der Waals surface area contributed by atoms with Gasteiger partial charge in [-0.3, -0.25) is 0 Å². The largest absolute Gasteiger partial charge is 0.478 e. The number of ether oxygens (including phenoxy) is 1. The van der Waals surface area contributed by atoms with Crippen LogP contribution in [0.1, 0.15) is 10.4 Å². The Kier molecular flexibility index (Phi) is 6.93. The molecule has 0 heterocycles. The van der Waals surface area contributed by atoms with Gasteiger partial charge in [0.1, 0.15) is 0 Å². The third-order valence-corrected chi connectivity index (χ3v) is 2.91. The van der Waals surface area contributed by atoms with Crippen molar-refractivity contribution in [3.63, 3.8) is 0 Å². The van der Waals surface area contributed by atoms with Gasteiger partial charge in [0.15, 0.2) is 0 Å². The van der Waals surface area contributed by atoms with Gasteiger partial charge in [-0.05, 0) is 18.2 Å². The molecule has 21 heavy (non-hydrogen) atoms. The zero-order valence-corrected chi connectivity index (χ0v) is 12.3. The molecule has 1 aromatic rings. The van der Waals surface area contributed by atoms with Crippen LogP contribution in [0.15, 0.2) is 18.2 Å². The van der Waals surface area contributed by atoms with Crippen molar-refractivity contribution in [1.82, 2.24) is 4.90 Å². The Morgan fingerprint density at radius 3 is 2.67 bits per heavy atom. The van der Waals surface area contributed by atoms with Gasteiger partial charge in [0.05, 0.1) is 24.5 Å². The Morgan fingerprint density at radius 1 is 1.38 bits per heavy atom. The fourth-order valence-corrected chi connectivity index (χ4v) is 1.81. The fraction of sp³-hybridized carbons (Fsp3) is 0.385. The number of nitrogens with one attached hydrogen (secondary N) is 1. The number of aliphatic hydroxyl groups is 1. The van der Waals surface area contributed by atoms with Gasteiger partial charge in [-0.15, -0.1) is 0 Å². The van der Waals surface area contributed by atoms with Crippen LogP contribution in [0.5, 0.6) is 0 Å². The van der Waals surface area contributed by atoms with E-state index < -0.39 is 12.0 Å². The number of urea groups is 1. The molecule has 7 nitrogen and oxygen atoms in total.